The lowest BCUT2D eigenvalue weighted by molar-refractivity contribution is 0.0370. The molecule has 14 heavy (non-hydrogen) atoms. The maximum absolute atomic E-state index is 5.31. The SMILES string of the molecule is CCN(CCCN1CCOCC1)SC. The molecule has 84 valence electrons. The smallest absolute Gasteiger partial charge is 0.0594 e. The Labute approximate surface area is 91.9 Å². The lowest BCUT2D eigenvalue weighted by atomic mass is 10.3. The predicted octanol–water partition coefficient (Wildman–Crippen LogP) is 1.31. The molecule has 0 aromatic rings. The first-order valence-corrected chi connectivity index (χ1v) is 6.64. The van der Waals surface area contributed by atoms with Crippen molar-refractivity contribution in [1.82, 2.24) is 9.21 Å². The Morgan fingerprint density at radius 3 is 2.64 bits per heavy atom. The van der Waals surface area contributed by atoms with Gasteiger partial charge in [-0.25, -0.2) is 0 Å². The summed E-state index contributed by atoms with van der Waals surface area (Å²) in [7, 11) is 0. The summed E-state index contributed by atoms with van der Waals surface area (Å²) < 4.78 is 7.72. The van der Waals surface area contributed by atoms with Gasteiger partial charge in [0.05, 0.1) is 13.2 Å². The average molecular weight is 218 g/mol. The van der Waals surface area contributed by atoms with Crippen LogP contribution in [0.25, 0.3) is 0 Å². The first kappa shape index (κ1) is 12.3. The summed E-state index contributed by atoms with van der Waals surface area (Å²) in [4.78, 5) is 2.50. The Bertz CT molecular complexity index is 136. The van der Waals surface area contributed by atoms with Crippen molar-refractivity contribution in [2.24, 2.45) is 0 Å². The minimum atomic E-state index is 0.917. The van der Waals surface area contributed by atoms with E-state index in [1.54, 1.807) is 0 Å². The maximum Gasteiger partial charge on any atom is 0.0594 e. The zero-order valence-corrected chi connectivity index (χ0v) is 10.2. The fourth-order valence-electron chi connectivity index (χ4n) is 1.67. The second kappa shape index (κ2) is 7.51. The molecule has 1 aliphatic rings. The largest absolute Gasteiger partial charge is 0.379 e. The second-order valence-electron chi connectivity index (χ2n) is 3.51. The Kier molecular flexibility index (Phi) is 6.60. The Morgan fingerprint density at radius 1 is 1.36 bits per heavy atom. The quantitative estimate of drug-likeness (QED) is 0.624. The highest BCUT2D eigenvalue weighted by atomic mass is 32.2. The zero-order valence-electron chi connectivity index (χ0n) is 9.37. The van der Waals surface area contributed by atoms with E-state index in [1.165, 1.54) is 19.5 Å². The topological polar surface area (TPSA) is 15.7 Å². The van der Waals surface area contributed by atoms with E-state index in [0.29, 0.717) is 0 Å². The van der Waals surface area contributed by atoms with E-state index >= 15 is 0 Å². The van der Waals surface area contributed by atoms with Crippen LogP contribution >= 0.6 is 11.9 Å². The van der Waals surface area contributed by atoms with Crippen molar-refractivity contribution in [3.05, 3.63) is 0 Å². The number of hydrogen-bond acceptors (Lipinski definition) is 4. The van der Waals surface area contributed by atoms with Crippen LogP contribution < -0.4 is 0 Å². The molecule has 0 bridgehead atoms. The number of ether oxygens (including phenoxy) is 1. The van der Waals surface area contributed by atoms with Crippen molar-refractivity contribution in [3.8, 4) is 0 Å². The molecule has 0 saturated carbocycles. The van der Waals surface area contributed by atoms with E-state index in [-0.39, 0.29) is 0 Å². The summed E-state index contributed by atoms with van der Waals surface area (Å²) >= 11 is 1.85. The molecule has 0 aromatic heterocycles. The van der Waals surface area contributed by atoms with Gasteiger partial charge in [0.2, 0.25) is 0 Å². The third-order valence-corrected chi connectivity index (χ3v) is 3.55. The van der Waals surface area contributed by atoms with E-state index in [0.717, 1.165) is 32.8 Å². The molecule has 0 atom stereocenters. The number of nitrogens with zero attached hydrogens (tertiary/aromatic N) is 2. The first-order chi connectivity index (χ1) is 6.86. The van der Waals surface area contributed by atoms with Crippen LogP contribution in [0.3, 0.4) is 0 Å². The number of morpholine rings is 1. The molecule has 0 aromatic carbocycles. The molecular formula is C10H22N2OS. The molecule has 0 unspecified atom stereocenters. The highest BCUT2D eigenvalue weighted by Gasteiger charge is 2.09. The van der Waals surface area contributed by atoms with Gasteiger partial charge in [0.1, 0.15) is 0 Å². The van der Waals surface area contributed by atoms with Gasteiger partial charge >= 0.3 is 0 Å². The van der Waals surface area contributed by atoms with Crippen LogP contribution in [0.5, 0.6) is 0 Å². The van der Waals surface area contributed by atoms with Crippen molar-refractivity contribution in [2.75, 3.05) is 52.2 Å². The molecule has 1 aliphatic heterocycles. The van der Waals surface area contributed by atoms with Crippen molar-refractivity contribution in [3.63, 3.8) is 0 Å². The van der Waals surface area contributed by atoms with Crippen molar-refractivity contribution >= 4 is 11.9 Å². The highest BCUT2D eigenvalue weighted by Crippen LogP contribution is 2.06. The second-order valence-corrected chi connectivity index (χ2v) is 4.39. The molecule has 0 radical (unpaired) electrons. The van der Waals surface area contributed by atoms with Crippen molar-refractivity contribution in [1.29, 1.82) is 0 Å². The standard InChI is InChI=1S/C10H22N2OS/c1-3-12(14-2)6-4-5-11-7-9-13-10-8-11/h3-10H2,1-2H3. The fraction of sp³-hybridized carbons (Fsp3) is 1.00. The molecule has 1 heterocycles. The highest BCUT2D eigenvalue weighted by molar-refractivity contribution is 7.96. The molecule has 4 heteroatoms. The van der Waals surface area contributed by atoms with E-state index in [2.05, 4.69) is 22.4 Å². The molecule has 0 spiro atoms. The van der Waals surface area contributed by atoms with Crippen LogP contribution in [0.4, 0.5) is 0 Å². The average Bonchev–Trinajstić information content (AvgIpc) is 2.26. The monoisotopic (exact) mass is 218 g/mol. The van der Waals surface area contributed by atoms with Crippen LogP contribution in [0.15, 0.2) is 0 Å². The van der Waals surface area contributed by atoms with E-state index in [1.807, 2.05) is 11.9 Å². The summed E-state index contributed by atoms with van der Waals surface area (Å²) in [5.41, 5.74) is 0. The summed E-state index contributed by atoms with van der Waals surface area (Å²) in [6.07, 6.45) is 3.42. The predicted molar refractivity (Wildman–Crippen MR) is 62.6 cm³/mol. The van der Waals surface area contributed by atoms with Gasteiger partial charge in [-0.2, -0.15) is 0 Å². The van der Waals surface area contributed by atoms with Gasteiger partial charge in [0, 0.05) is 26.2 Å². The van der Waals surface area contributed by atoms with Crippen LogP contribution in [0.2, 0.25) is 0 Å². The minimum absolute atomic E-state index is 0.917. The van der Waals surface area contributed by atoms with E-state index in [4.69, 9.17) is 4.74 Å². The third-order valence-electron chi connectivity index (χ3n) is 2.60. The Balaban J connectivity index is 2.01. The summed E-state index contributed by atoms with van der Waals surface area (Å²) in [5.74, 6) is 0. The third kappa shape index (κ3) is 4.64. The van der Waals surface area contributed by atoms with Crippen LogP contribution in [0, 0.1) is 0 Å². The van der Waals surface area contributed by atoms with Gasteiger partial charge in [-0.15, -0.1) is 0 Å². The molecule has 1 rings (SSSR count). The number of rotatable bonds is 6. The zero-order chi connectivity index (χ0) is 10.2. The van der Waals surface area contributed by atoms with Crippen LogP contribution in [-0.4, -0.2) is 61.4 Å². The molecule has 0 N–H and O–H groups in total. The Hall–Kier alpha value is 0.230. The maximum atomic E-state index is 5.31. The molecule has 3 nitrogen and oxygen atoms in total. The van der Waals surface area contributed by atoms with Crippen LogP contribution in [-0.2, 0) is 4.74 Å². The summed E-state index contributed by atoms with van der Waals surface area (Å²) in [6, 6.07) is 0. The summed E-state index contributed by atoms with van der Waals surface area (Å²) in [5, 5.41) is 0. The van der Waals surface area contributed by atoms with Gasteiger partial charge in [0.25, 0.3) is 0 Å². The fourth-order valence-corrected chi connectivity index (χ4v) is 2.24. The minimum Gasteiger partial charge on any atom is -0.379 e. The molecule has 0 aliphatic carbocycles. The van der Waals surface area contributed by atoms with Gasteiger partial charge in [-0.1, -0.05) is 18.9 Å². The molecular weight excluding hydrogens is 196 g/mol. The lowest BCUT2D eigenvalue weighted by Gasteiger charge is -2.27. The van der Waals surface area contributed by atoms with Gasteiger partial charge < -0.3 is 4.74 Å². The van der Waals surface area contributed by atoms with Crippen LogP contribution in [0.1, 0.15) is 13.3 Å². The Morgan fingerprint density at radius 2 is 2.07 bits per heavy atom. The van der Waals surface area contributed by atoms with E-state index in [9.17, 15) is 0 Å². The normalized spacial score (nSPS) is 19.1. The van der Waals surface area contributed by atoms with Gasteiger partial charge in [-0.3, -0.25) is 9.21 Å². The number of hydrogen-bond donors (Lipinski definition) is 0. The first-order valence-electron chi connectivity index (χ1n) is 5.46. The molecule has 1 saturated heterocycles. The van der Waals surface area contributed by atoms with E-state index < -0.39 is 0 Å². The van der Waals surface area contributed by atoms with Crippen molar-refractivity contribution < 1.29 is 4.74 Å². The summed E-state index contributed by atoms with van der Waals surface area (Å²) in [6.45, 7) is 9.85. The van der Waals surface area contributed by atoms with Gasteiger partial charge in [0.15, 0.2) is 0 Å². The molecule has 0 amide bonds. The molecule has 1 fully saturated rings. The lowest BCUT2D eigenvalue weighted by Crippen LogP contribution is -2.37. The van der Waals surface area contributed by atoms with Crippen molar-refractivity contribution in [2.45, 2.75) is 13.3 Å². The van der Waals surface area contributed by atoms with Gasteiger partial charge in [-0.05, 0) is 19.2 Å².